The smallest absolute Gasteiger partial charge is 0.305 e. The largest absolute Gasteiger partial charge is 0.367 e. The molecule has 0 saturated heterocycles. The fourth-order valence-electron chi connectivity index (χ4n) is 1.27. The Kier molecular flexibility index (Phi) is 6.41. The summed E-state index contributed by atoms with van der Waals surface area (Å²) in [5.74, 6) is 0. The maximum Gasteiger partial charge on any atom is 0.367 e. The second kappa shape index (κ2) is 7.31. The lowest BCUT2D eigenvalue weighted by atomic mass is 10.2. The first-order chi connectivity index (χ1) is 8.12. The molecule has 17 heavy (non-hydrogen) atoms. The van der Waals surface area contributed by atoms with Gasteiger partial charge >= 0.3 is 7.60 Å². The fraction of sp³-hybridized carbons (Fsp3) is 0.333. The van der Waals surface area contributed by atoms with Crippen molar-refractivity contribution in [2.45, 2.75) is 13.8 Å². The Balaban J connectivity index is 2.96. The van der Waals surface area contributed by atoms with E-state index in [4.69, 9.17) is 9.05 Å². The minimum absolute atomic E-state index is 0.367. The van der Waals surface area contributed by atoms with Crippen molar-refractivity contribution in [1.29, 1.82) is 0 Å². The van der Waals surface area contributed by atoms with Crippen molar-refractivity contribution in [3.8, 4) is 0 Å². The molecule has 0 heterocycles. The predicted octanol–water partition coefficient (Wildman–Crippen LogP) is 4.69. The van der Waals surface area contributed by atoms with Crippen LogP contribution in [0.2, 0.25) is 0 Å². The molecule has 3 nitrogen and oxygen atoms in total. The summed E-state index contributed by atoms with van der Waals surface area (Å²) in [5, 5.41) is 0. The number of rotatable bonds is 6. The SMILES string of the molecule is CCOP(=O)(OCC)C(I)=Cc1ccccc1. The lowest BCUT2D eigenvalue weighted by Crippen LogP contribution is -1.95. The predicted molar refractivity (Wildman–Crippen MR) is 79.3 cm³/mol. The van der Waals surface area contributed by atoms with E-state index >= 15 is 0 Å². The summed E-state index contributed by atoms with van der Waals surface area (Å²) in [6.07, 6.45) is 1.83. The van der Waals surface area contributed by atoms with Crippen molar-refractivity contribution in [1.82, 2.24) is 0 Å². The third-order valence-electron chi connectivity index (χ3n) is 1.95. The average molecular weight is 366 g/mol. The molecule has 0 fully saturated rings. The summed E-state index contributed by atoms with van der Waals surface area (Å²) in [5.41, 5.74) is 0.983. The van der Waals surface area contributed by atoms with Crippen LogP contribution in [-0.2, 0) is 13.6 Å². The van der Waals surface area contributed by atoms with Crippen LogP contribution in [0.25, 0.3) is 6.08 Å². The second-order valence-electron chi connectivity index (χ2n) is 3.21. The van der Waals surface area contributed by atoms with Crippen LogP contribution >= 0.6 is 30.2 Å². The highest BCUT2D eigenvalue weighted by Gasteiger charge is 2.27. The van der Waals surface area contributed by atoms with Crippen molar-refractivity contribution in [3.05, 3.63) is 39.2 Å². The fourth-order valence-corrected chi connectivity index (χ4v) is 3.77. The zero-order chi connectivity index (χ0) is 12.7. The van der Waals surface area contributed by atoms with Crippen LogP contribution in [0.15, 0.2) is 33.7 Å². The molecule has 1 aromatic carbocycles. The summed E-state index contributed by atoms with van der Waals surface area (Å²) in [6, 6.07) is 9.70. The van der Waals surface area contributed by atoms with Gasteiger partial charge in [-0.1, -0.05) is 30.3 Å². The lowest BCUT2D eigenvalue weighted by molar-refractivity contribution is 0.228. The molecule has 0 aromatic heterocycles. The van der Waals surface area contributed by atoms with Crippen LogP contribution in [0, 0.1) is 0 Å². The molecule has 0 N–H and O–H groups in total. The number of benzene rings is 1. The summed E-state index contributed by atoms with van der Waals surface area (Å²) >= 11 is 2.02. The summed E-state index contributed by atoms with van der Waals surface area (Å²) < 4.78 is 23.5. The van der Waals surface area contributed by atoms with Gasteiger partial charge in [-0.05, 0) is 48.1 Å². The molecule has 5 heteroatoms. The topological polar surface area (TPSA) is 35.5 Å². The molecule has 0 amide bonds. The molecule has 0 aliphatic rings. The average Bonchev–Trinajstić information content (AvgIpc) is 2.31. The standard InChI is InChI=1S/C12H16IO3P/c1-3-15-17(14,16-4-2)12(13)10-11-8-6-5-7-9-11/h5-10H,3-4H2,1-2H3. The van der Waals surface area contributed by atoms with E-state index in [-0.39, 0.29) is 0 Å². The monoisotopic (exact) mass is 366 g/mol. The van der Waals surface area contributed by atoms with Crippen LogP contribution in [0.5, 0.6) is 0 Å². The Labute approximate surface area is 116 Å². The summed E-state index contributed by atoms with van der Waals surface area (Å²) in [4.78, 5) is 0. The zero-order valence-electron chi connectivity index (χ0n) is 9.93. The first kappa shape index (κ1) is 14.9. The maximum absolute atomic E-state index is 12.4. The van der Waals surface area contributed by atoms with E-state index in [2.05, 4.69) is 0 Å². The molecular weight excluding hydrogens is 350 g/mol. The molecule has 94 valence electrons. The van der Waals surface area contributed by atoms with Crippen LogP contribution in [-0.4, -0.2) is 13.2 Å². The zero-order valence-corrected chi connectivity index (χ0v) is 13.0. The third kappa shape index (κ3) is 4.54. The number of hydrogen-bond acceptors (Lipinski definition) is 3. The van der Waals surface area contributed by atoms with Crippen molar-refractivity contribution in [2.75, 3.05) is 13.2 Å². The maximum atomic E-state index is 12.4. The van der Waals surface area contributed by atoms with Gasteiger partial charge in [0.15, 0.2) is 0 Å². The molecule has 0 saturated carbocycles. The summed E-state index contributed by atoms with van der Waals surface area (Å²) in [7, 11) is -3.13. The Hall–Kier alpha value is -0.160. The molecular formula is C12H16IO3P. The molecule has 0 atom stereocenters. The van der Waals surface area contributed by atoms with E-state index in [9.17, 15) is 4.57 Å². The minimum atomic E-state index is -3.13. The molecule has 1 aromatic rings. The normalized spacial score (nSPS) is 12.8. The van der Waals surface area contributed by atoms with Crippen molar-refractivity contribution >= 4 is 36.3 Å². The molecule has 0 radical (unpaired) electrons. The van der Waals surface area contributed by atoms with Crippen LogP contribution in [0.3, 0.4) is 0 Å². The van der Waals surface area contributed by atoms with E-state index in [1.807, 2.05) is 59.0 Å². The lowest BCUT2D eigenvalue weighted by Gasteiger charge is -2.16. The molecule has 0 unspecified atom stereocenters. The van der Waals surface area contributed by atoms with Crippen molar-refractivity contribution in [2.24, 2.45) is 0 Å². The highest BCUT2D eigenvalue weighted by atomic mass is 127. The molecule has 0 aliphatic heterocycles. The molecule has 1 rings (SSSR count). The van der Waals surface area contributed by atoms with Crippen molar-refractivity contribution in [3.63, 3.8) is 0 Å². The van der Waals surface area contributed by atoms with E-state index in [1.54, 1.807) is 13.8 Å². The Morgan fingerprint density at radius 1 is 1.24 bits per heavy atom. The first-order valence-corrected chi connectivity index (χ1v) is 8.06. The van der Waals surface area contributed by atoms with Gasteiger partial charge in [0.1, 0.15) is 3.32 Å². The molecule has 0 aliphatic carbocycles. The van der Waals surface area contributed by atoms with Gasteiger partial charge in [0.2, 0.25) is 0 Å². The van der Waals surface area contributed by atoms with E-state index in [0.29, 0.717) is 16.5 Å². The van der Waals surface area contributed by atoms with E-state index in [1.165, 1.54) is 0 Å². The highest BCUT2D eigenvalue weighted by molar-refractivity contribution is 14.1. The van der Waals surface area contributed by atoms with Crippen LogP contribution < -0.4 is 0 Å². The van der Waals surface area contributed by atoms with Crippen LogP contribution in [0.4, 0.5) is 0 Å². The van der Waals surface area contributed by atoms with E-state index < -0.39 is 7.60 Å². The van der Waals surface area contributed by atoms with Gasteiger partial charge in [0, 0.05) is 0 Å². The third-order valence-corrected chi connectivity index (χ3v) is 5.88. The molecule has 0 bridgehead atoms. The van der Waals surface area contributed by atoms with Gasteiger partial charge in [0.25, 0.3) is 0 Å². The Bertz CT molecular complexity index is 407. The van der Waals surface area contributed by atoms with Gasteiger partial charge in [-0.15, -0.1) is 0 Å². The van der Waals surface area contributed by atoms with Crippen molar-refractivity contribution < 1.29 is 13.6 Å². The first-order valence-electron chi connectivity index (χ1n) is 5.44. The second-order valence-corrected chi connectivity index (χ2v) is 7.22. The highest BCUT2D eigenvalue weighted by Crippen LogP contribution is 2.59. The van der Waals surface area contributed by atoms with Gasteiger partial charge in [-0.3, -0.25) is 4.57 Å². The van der Waals surface area contributed by atoms with Gasteiger partial charge < -0.3 is 9.05 Å². The van der Waals surface area contributed by atoms with E-state index in [0.717, 1.165) is 5.56 Å². The number of halogens is 1. The Morgan fingerprint density at radius 3 is 2.24 bits per heavy atom. The summed E-state index contributed by atoms with van der Waals surface area (Å²) in [6.45, 7) is 4.34. The number of hydrogen-bond donors (Lipinski definition) is 0. The van der Waals surface area contributed by atoms with Crippen LogP contribution in [0.1, 0.15) is 19.4 Å². The molecule has 0 spiro atoms. The quantitative estimate of drug-likeness (QED) is 0.542. The van der Waals surface area contributed by atoms with Gasteiger partial charge in [0.05, 0.1) is 13.2 Å². The minimum Gasteiger partial charge on any atom is -0.305 e. The van der Waals surface area contributed by atoms with Gasteiger partial charge in [-0.2, -0.15) is 0 Å². The Morgan fingerprint density at radius 2 is 1.76 bits per heavy atom. The van der Waals surface area contributed by atoms with Gasteiger partial charge in [-0.25, -0.2) is 0 Å².